The smallest absolute Gasteiger partial charge is 0.143 e. The Morgan fingerprint density at radius 1 is 0.304 bits per heavy atom. The molecule has 0 aliphatic heterocycles. The molecule has 3 nitrogen and oxygen atoms in total. The van der Waals surface area contributed by atoms with E-state index in [1.165, 1.54) is 44.5 Å². The van der Waals surface area contributed by atoms with Crippen LogP contribution in [0.2, 0.25) is 0 Å². The van der Waals surface area contributed by atoms with Crippen molar-refractivity contribution in [2.75, 3.05) is 0 Å². The summed E-state index contributed by atoms with van der Waals surface area (Å²) >= 11 is 0. The van der Waals surface area contributed by atoms with Crippen molar-refractivity contribution in [1.82, 2.24) is 0 Å². The molecule has 1 aliphatic carbocycles. The molecule has 0 saturated heterocycles. The summed E-state index contributed by atoms with van der Waals surface area (Å²) < 4.78 is 20.1. The monoisotopic (exact) mass is 1010 g/mol. The molecule has 0 bridgehead atoms. The van der Waals surface area contributed by atoms with Crippen molar-refractivity contribution in [1.29, 1.82) is 0 Å². The van der Waals surface area contributed by atoms with Crippen LogP contribution in [0.1, 0.15) is 40.7 Å². The fourth-order valence-electron chi connectivity index (χ4n) is 12.6. The zero-order valence-electron chi connectivity index (χ0n) is 44.5. The molecule has 11 aromatic carbocycles. The Kier molecular flexibility index (Phi) is 10.9. The number of rotatable bonds is 8. The van der Waals surface area contributed by atoms with Gasteiger partial charge in [-0.05, 0) is 160 Å². The highest BCUT2D eigenvalue weighted by atomic mass is 16.3. The summed E-state index contributed by atoms with van der Waals surface area (Å²) in [7, 11) is 0. The van der Waals surface area contributed by atoms with Crippen LogP contribution in [0.15, 0.2) is 256 Å². The van der Waals surface area contributed by atoms with E-state index in [0.29, 0.717) is 0 Å². The first kappa shape index (κ1) is 46.6. The average molecular weight is 1020 g/mol. The summed E-state index contributed by atoms with van der Waals surface area (Å²) in [6, 6.07) is 81.4. The predicted molar refractivity (Wildman–Crippen MR) is 331 cm³/mol. The number of hydrogen-bond donors (Lipinski definition) is 0. The second-order valence-corrected chi connectivity index (χ2v) is 21.9. The van der Waals surface area contributed by atoms with E-state index in [-0.39, 0.29) is 11.8 Å². The van der Waals surface area contributed by atoms with Crippen LogP contribution in [0.3, 0.4) is 0 Å². The van der Waals surface area contributed by atoms with Gasteiger partial charge in [0.25, 0.3) is 0 Å². The predicted octanol–water partition coefficient (Wildman–Crippen LogP) is 21.7. The molecule has 3 heterocycles. The zero-order chi connectivity index (χ0) is 52.9. The normalized spacial score (nSPS) is 14.6. The van der Waals surface area contributed by atoms with Crippen LogP contribution >= 0.6 is 0 Å². The van der Waals surface area contributed by atoms with Crippen LogP contribution in [0, 0.1) is 26.7 Å². The average Bonchev–Trinajstić information content (AvgIpc) is 4.40. The van der Waals surface area contributed by atoms with Crippen molar-refractivity contribution in [2.24, 2.45) is 5.92 Å². The first-order chi connectivity index (χ1) is 38.7. The van der Waals surface area contributed by atoms with Crippen LogP contribution in [0.4, 0.5) is 0 Å². The molecule has 1 aliphatic rings. The largest absolute Gasteiger partial charge is 0.455 e. The Bertz CT molecular complexity index is 4820. The molecule has 0 N–H and O–H groups in total. The molecule has 0 spiro atoms. The summed E-state index contributed by atoms with van der Waals surface area (Å²) in [4.78, 5) is 0. The number of hydrogen-bond acceptors (Lipinski definition) is 3. The van der Waals surface area contributed by atoms with Gasteiger partial charge in [-0.1, -0.05) is 200 Å². The molecular weight excluding hydrogens is 961 g/mol. The van der Waals surface area contributed by atoms with E-state index in [1.807, 2.05) is 6.07 Å². The van der Waals surface area contributed by atoms with Crippen LogP contribution in [-0.2, 0) is 0 Å². The fourth-order valence-corrected chi connectivity index (χ4v) is 12.6. The summed E-state index contributed by atoms with van der Waals surface area (Å²) in [5.74, 6) is 0.401. The maximum absolute atomic E-state index is 6.81. The molecule has 376 valence electrons. The molecule has 14 aromatic rings. The molecular formula is C76H54O3. The van der Waals surface area contributed by atoms with Crippen molar-refractivity contribution < 1.29 is 13.3 Å². The first-order valence-corrected chi connectivity index (χ1v) is 27.5. The van der Waals surface area contributed by atoms with Gasteiger partial charge in [-0.3, -0.25) is 0 Å². The fraction of sp³-hybridized carbons (Fsp3) is 0.0789. The van der Waals surface area contributed by atoms with E-state index in [4.69, 9.17) is 13.3 Å². The number of fused-ring (bicyclic) bond motifs is 9. The van der Waals surface area contributed by atoms with Crippen molar-refractivity contribution >= 4 is 71.4 Å². The van der Waals surface area contributed by atoms with E-state index in [2.05, 4.69) is 264 Å². The van der Waals surface area contributed by atoms with E-state index in [9.17, 15) is 0 Å². The molecule has 0 saturated carbocycles. The van der Waals surface area contributed by atoms with Gasteiger partial charge in [0, 0.05) is 54.9 Å². The highest BCUT2D eigenvalue weighted by Crippen LogP contribution is 2.46. The highest BCUT2D eigenvalue weighted by molar-refractivity contribution is 6.14. The topological polar surface area (TPSA) is 39.4 Å². The van der Waals surface area contributed by atoms with Gasteiger partial charge in [-0.15, -0.1) is 0 Å². The zero-order valence-corrected chi connectivity index (χ0v) is 44.5. The lowest BCUT2D eigenvalue weighted by Crippen LogP contribution is -2.09. The third kappa shape index (κ3) is 8.12. The minimum Gasteiger partial charge on any atom is -0.455 e. The number of para-hydroxylation sites is 3. The van der Waals surface area contributed by atoms with Crippen molar-refractivity contribution in [2.45, 2.75) is 33.6 Å². The second-order valence-electron chi connectivity index (χ2n) is 21.9. The minimum absolute atomic E-state index is 0.179. The van der Waals surface area contributed by atoms with Crippen LogP contribution in [-0.4, -0.2) is 0 Å². The lowest BCUT2D eigenvalue weighted by atomic mass is 9.79. The van der Waals surface area contributed by atoms with Crippen molar-refractivity contribution in [3.05, 3.63) is 271 Å². The van der Waals surface area contributed by atoms with Gasteiger partial charge in [0.15, 0.2) is 0 Å². The van der Waals surface area contributed by atoms with Crippen molar-refractivity contribution in [3.63, 3.8) is 0 Å². The lowest BCUT2D eigenvalue weighted by molar-refractivity contribution is 0.637. The Labute approximate surface area is 459 Å². The molecule has 15 rings (SSSR count). The molecule has 0 fully saturated rings. The number of furan rings is 3. The van der Waals surface area contributed by atoms with E-state index < -0.39 is 0 Å². The summed E-state index contributed by atoms with van der Waals surface area (Å²) in [5, 5.41) is 6.74. The molecule has 0 amide bonds. The van der Waals surface area contributed by atoms with Crippen LogP contribution in [0.25, 0.3) is 138 Å². The maximum Gasteiger partial charge on any atom is 0.143 e. The second kappa shape index (κ2) is 18.5. The third-order valence-electron chi connectivity index (χ3n) is 16.4. The molecule has 79 heavy (non-hydrogen) atoms. The Morgan fingerprint density at radius 2 is 0.734 bits per heavy atom. The van der Waals surface area contributed by atoms with Crippen LogP contribution in [0.5, 0.6) is 0 Å². The van der Waals surface area contributed by atoms with Crippen LogP contribution < -0.4 is 0 Å². The van der Waals surface area contributed by atoms with E-state index in [1.54, 1.807) is 0 Å². The summed E-state index contributed by atoms with van der Waals surface area (Å²) in [5.41, 5.74) is 26.4. The Balaban J connectivity index is 0.785. The van der Waals surface area contributed by atoms with Crippen molar-refractivity contribution in [3.8, 4) is 66.8 Å². The van der Waals surface area contributed by atoms with Gasteiger partial charge in [0.2, 0.25) is 0 Å². The molecule has 2 unspecified atom stereocenters. The van der Waals surface area contributed by atoms with Gasteiger partial charge in [-0.2, -0.15) is 0 Å². The molecule has 3 heteroatoms. The van der Waals surface area contributed by atoms with Gasteiger partial charge in [0.1, 0.15) is 33.5 Å². The van der Waals surface area contributed by atoms with E-state index >= 15 is 0 Å². The minimum atomic E-state index is 0.179. The third-order valence-corrected chi connectivity index (χ3v) is 16.4. The standard InChI is InChI=1S/C76H54O3/c1-45-15-14-18-53(31-45)65-39-56(43-68-62-19-8-11-22-71(62)77-74(65)68)51-27-25-50(26-28-51)54-32-46(2)34-59(37-54)67-41-57(44-70-64-21-10-13-24-73(64)79-76(67)70)52-29-30-61(48(4)36-52)58-33-47(3)35-60(38-58)66-40-55(49-16-6-5-7-17-49)42-69-63-20-9-12-23-72(63)78-75(66)69/h5-44,48,61H,1-4H3. The molecule has 2 atom stereocenters. The number of aryl methyl sites for hydroxylation is 3. The lowest BCUT2D eigenvalue weighted by Gasteiger charge is -2.25. The van der Waals surface area contributed by atoms with E-state index in [0.717, 1.165) is 121 Å². The maximum atomic E-state index is 6.81. The Morgan fingerprint density at radius 3 is 1.29 bits per heavy atom. The quantitative estimate of drug-likeness (QED) is 0.152. The molecule has 0 radical (unpaired) electrons. The molecule has 3 aromatic heterocycles. The SMILES string of the molecule is Cc1cccc(-c2cc(-c3ccc(-c4cc(C)cc(-c5cc(C6=CC(C)C(c7cc(C)cc(-c8cc(-c9ccccc9)cc9c8oc8ccccc89)c7)C=C6)cc6c5oc5ccccc56)c4)cc3)cc3c2oc2ccccc23)c1. The summed E-state index contributed by atoms with van der Waals surface area (Å²) in [6.45, 7) is 8.91. The first-order valence-electron chi connectivity index (χ1n) is 27.5. The van der Waals surface area contributed by atoms with Gasteiger partial charge in [-0.25, -0.2) is 0 Å². The Hall–Kier alpha value is -9.70. The van der Waals surface area contributed by atoms with Gasteiger partial charge < -0.3 is 13.3 Å². The van der Waals surface area contributed by atoms with Gasteiger partial charge in [0.05, 0.1) is 0 Å². The van der Waals surface area contributed by atoms with Gasteiger partial charge >= 0.3 is 0 Å². The summed E-state index contributed by atoms with van der Waals surface area (Å²) in [6.07, 6.45) is 7.22. The number of benzene rings is 11. The number of allylic oxidation sites excluding steroid dienone is 4. The highest BCUT2D eigenvalue weighted by Gasteiger charge is 2.24.